The average Bonchev–Trinajstić information content (AvgIpc) is 3.21. The summed E-state index contributed by atoms with van der Waals surface area (Å²) >= 11 is 0. The van der Waals surface area contributed by atoms with E-state index in [1.807, 2.05) is 36.6 Å². The molecular weight excluding hydrogens is 800 g/mol. The van der Waals surface area contributed by atoms with Gasteiger partial charge in [0, 0.05) is 34.1 Å². The van der Waals surface area contributed by atoms with Crippen molar-refractivity contribution in [1.82, 2.24) is 31.9 Å². The Kier molecular flexibility index (Phi) is 18.4. The molecule has 1 unspecified atom stereocenters. The highest BCUT2D eigenvalue weighted by Crippen LogP contribution is 2.23. The highest BCUT2D eigenvalue weighted by Gasteiger charge is 2.40. The number of rotatable bonds is 20. The lowest BCUT2D eigenvalue weighted by molar-refractivity contribution is -0.174. The van der Waals surface area contributed by atoms with E-state index in [1.165, 1.54) is 12.1 Å². The monoisotopic (exact) mass is 844 g/mol. The van der Waals surface area contributed by atoms with Gasteiger partial charge in [-0.25, -0.2) is 0 Å². The number of alkyl halides is 3. The van der Waals surface area contributed by atoms with E-state index in [0.29, 0.717) is 16.9 Å². The third-order valence-corrected chi connectivity index (χ3v) is 9.91. The predicted molar refractivity (Wildman–Crippen MR) is 211 cm³/mol. The van der Waals surface area contributed by atoms with Gasteiger partial charge in [-0.05, 0) is 43.7 Å². The van der Waals surface area contributed by atoms with Gasteiger partial charge in [-0.2, -0.15) is 13.2 Å². The van der Waals surface area contributed by atoms with Crippen LogP contribution in [0.5, 0.6) is 0 Å². The van der Waals surface area contributed by atoms with Gasteiger partial charge in [0.2, 0.25) is 29.5 Å². The van der Waals surface area contributed by atoms with Crippen molar-refractivity contribution in [3.8, 4) is 0 Å². The Morgan fingerprint density at radius 2 is 1.27 bits per heavy atom. The van der Waals surface area contributed by atoms with E-state index >= 15 is 0 Å². The molecule has 3 rings (SSSR count). The van der Waals surface area contributed by atoms with Gasteiger partial charge in [0.1, 0.15) is 30.6 Å². The van der Waals surface area contributed by atoms with E-state index in [2.05, 4.69) is 31.9 Å². The van der Waals surface area contributed by atoms with Gasteiger partial charge in [-0.1, -0.05) is 54.6 Å². The van der Waals surface area contributed by atoms with Crippen LogP contribution in [0.15, 0.2) is 83.8 Å². The number of nitrogens with one attached hydrogen (secondary N) is 7. The number of carbonyl (C=O) groups is 8. The first-order valence-corrected chi connectivity index (χ1v) is 19.8. The summed E-state index contributed by atoms with van der Waals surface area (Å²) in [5.74, 6) is -7.28. The number of hydrogen-bond donors (Lipinski definition) is 7. The number of benzene rings is 3. The summed E-state index contributed by atoms with van der Waals surface area (Å²) in [6.45, 7) is 0.825. The van der Waals surface area contributed by atoms with Crippen LogP contribution in [-0.2, 0) is 61.4 Å². The van der Waals surface area contributed by atoms with Crippen molar-refractivity contribution in [3.63, 3.8) is 0 Å². The quantitative estimate of drug-likeness (QED) is 0.0632. The molecule has 0 heterocycles. The molecule has 0 fully saturated rings. The second kappa shape index (κ2) is 23.1. The molecule has 3 aromatic carbocycles. The van der Waals surface area contributed by atoms with Crippen molar-refractivity contribution in [1.29, 1.82) is 0 Å². The van der Waals surface area contributed by atoms with Crippen molar-refractivity contribution >= 4 is 63.9 Å². The molecule has 7 N–H and O–H groups in total. The Morgan fingerprint density at radius 3 is 1.85 bits per heavy atom. The molecule has 3 aromatic rings. The zero-order valence-corrected chi connectivity index (χ0v) is 33.1. The van der Waals surface area contributed by atoms with Gasteiger partial charge in [-0.3, -0.25) is 38.4 Å². The van der Waals surface area contributed by atoms with Crippen LogP contribution < -0.4 is 37.2 Å². The molecule has 0 aliphatic rings. The summed E-state index contributed by atoms with van der Waals surface area (Å²) in [6.07, 6.45) is -3.35. The molecule has 16 nitrogen and oxygen atoms in total. The first-order chi connectivity index (χ1) is 28.0. The molecule has 0 saturated heterocycles. The normalized spacial score (nSPS) is 12.4. The van der Waals surface area contributed by atoms with Crippen molar-refractivity contribution in [2.24, 2.45) is 0 Å². The van der Waals surface area contributed by atoms with Crippen LogP contribution in [0.2, 0.25) is 0 Å². The van der Waals surface area contributed by atoms with E-state index in [9.17, 15) is 51.5 Å². The van der Waals surface area contributed by atoms with Crippen LogP contribution in [0.25, 0.3) is 0 Å². The van der Waals surface area contributed by atoms with Crippen molar-refractivity contribution in [2.75, 3.05) is 44.4 Å². The van der Waals surface area contributed by atoms with Gasteiger partial charge >= 0.3 is 18.1 Å². The van der Waals surface area contributed by atoms with E-state index in [1.54, 1.807) is 48.6 Å². The fourth-order valence-electron chi connectivity index (χ4n) is 5.07. The number of amides is 7. The number of anilines is 1. The number of ether oxygens (including phenoxy) is 1. The summed E-state index contributed by atoms with van der Waals surface area (Å²) in [6, 6.07) is 19.4. The molecular formula is C39H45F3N7O9S+. The minimum atomic E-state index is -5.24. The zero-order chi connectivity index (χ0) is 43.5. The van der Waals surface area contributed by atoms with Crippen LogP contribution in [0.3, 0.4) is 0 Å². The highest BCUT2D eigenvalue weighted by molar-refractivity contribution is 7.95. The molecule has 3 atom stereocenters. The molecule has 59 heavy (non-hydrogen) atoms. The predicted octanol–water partition coefficient (Wildman–Crippen LogP) is 0.868. The first-order valence-electron chi connectivity index (χ1n) is 18.0. The zero-order valence-electron chi connectivity index (χ0n) is 32.3. The Labute approximate surface area is 340 Å². The molecule has 20 heteroatoms. The minimum absolute atomic E-state index is 0.0876. The maximum absolute atomic E-state index is 13.7. The molecule has 316 valence electrons. The van der Waals surface area contributed by atoms with E-state index in [-0.39, 0.29) is 30.8 Å². The molecule has 0 aliphatic carbocycles. The Bertz CT molecular complexity index is 1970. The smallest absolute Gasteiger partial charge is 0.465 e. The van der Waals surface area contributed by atoms with Gasteiger partial charge in [0.15, 0.2) is 4.90 Å². The molecule has 7 amide bonds. The maximum Gasteiger partial charge on any atom is 0.471 e. The second-order valence-corrected chi connectivity index (χ2v) is 14.8. The van der Waals surface area contributed by atoms with E-state index in [4.69, 9.17) is 4.74 Å². The molecule has 0 aromatic heterocycles. The lowest BCUT2D eigenvalue weighted by Crippen LogP contribution is -2.54. The SMILES string of the molecule is CCOC(=O)CNC(=O)CNC(=O)CNC(=O)CNC(=O)c1cc(NC(=O)[C@H](Cc2ccccc2)NC(=O)[C@H](C)NC(=O)C(F)(F)F)ccc1C[S+](C)c1ccccc1. The lowest BCUT2D eigenvalue weighted by Gasteiger charge is -2.22. The number of hydrogen-bond acceptors (Lipinski definition) is 9. The standard InChI is InChI=1S/C39H44F3N7O9S/c1-4-58-34(53)22-45-32(51)20-43-31(50)19-44-33(52)21-46-36(55)29-18-27(16-15-26(29)23-59(3)28-13-9-6-10-14-28)48-37(56)30(17-25-11-7-5-8-12-25)49-35(54)24(2)47-38(57)39(40,41)42/h5-16,18,24,30H,4,17,19-23H2,1-3H3,(H6-,43,44,45,46,47,48,49,50,51,52,54,55,56,57)/p+1/t24-,30-,59?/m0/s1. The van der Waals surface area contributed by atoms with Gasteiger partial charge in [-0.15, -0.1) is 0 Å². The van der Waals surface area contributed by atoms with Crippen molar-refractivity contribution in [2.45, 2.75) is 49.2 Å². The average molecular weight is 845 g/mol. The summed E-state index contributed by atoms with van der Waals surface area (Å²) in [7, 11) is -0.402. The third-order valence-electron chi connectivity index (χ3n) is 8.09. The summed E-state index contributed by atoms with van der Waals surface area (Å²) in [5, 5.41) is 15.9. The second-order valence-electron chi connectivity index (χ2n) is 12.7. The minimum Gasteiger partial charge on any atom is -0.465 e. The van der Waals surface area contributed by atoms with Gasteiger partial charge in [0.25, 0.3) is 5.91 Å². The van der Waals surface area contributed by atoms with Crippen LogP contribution >= 0.6 is 0 Å². The number of carbonyl (C=O) groups excluding carboxylic acids is 8. The number of esters is 1. The fraction of sp³-hybridized carbons (Fsp3) is 0.333. The molecule has 0 bridgehead atoms. The van der Waals surface area contributed by atoms with Gasteiger partial charge in [0.05, 0.1) is 26.2 Å². The van der Waals surface area contributed by atoms with Crippen LogP contribution in [-0.4, -0.2) is 105 Å². The molecule has 0 aliphatic heterocycles. The van der Waals surface area contributed by atoms with Gasteiger partial charge < -0.3 is 42.0 Å². The van der Waals surface area contributed by atoms with E-state index < -0.39 is 96.1 Å². The van der Waals surface area contributed by atoms with E-state index in [0.717, 1.165) is 11.8 Å². The Hall–Kier alpha value is -6.44. The summed E-state index contributed by atoms with van der Waals surface area (Å²) in [5.41, 5.74) is 1.35. The van der Waals surface area contributed by atoms with Crippen molar-refractivity contribution in [3.05, 3.63) is 95.6 Å². The van der Waals surface area contributed by atoms with Crippen LogP contribution in [0.1, 0.15) is 35.3 Å². The largest absolute Gasteiger partial charge is 0.471 e. The van der Waals surface area contributed by atoms with Crippen molar-refractivity contribution < 1.29 is 56.3 Å². The third kappa shape index (κ3) is 16.5. The van der Waals surface area contributed by atoms with Crippen LogP contribution in [0, 0.1) is 0 Å². The topological polar surface area (TPSA) is 230 Å². The highest BCUT2D eigenvalue weighted by atomic mass is 32.2. The summed E-state index contributed by atoms with van der Waals surface area (Å²) < 4.78 is 43.2. The number of halogens is 3. The Morgan fingerprint density at radius 1 is 0.712 bits per heavy atom. The molecule has 0 spiro atoms. The summed E-state index contributed by atoms with van der Waals surface area (Å²) in [4.78, 5) is 101. The maximum atomic E-state index is 13.7. The Balaban J connectivity index is 1.74. The van der Waals surface area contributed by atoms with Crippen LogP contribution in [0.4, 0.5) is 18.9 Å². The molecule has 0 saturated carbocycles. The first kappa shape index (κ1) is 46.9. The lowest BCUT2D eigenvalue weighted by atomic mass is 10.0. The fourth-order valence-corrected chi connectivity index (χ4v) is 6.58. The molecule has 0 radical (unpaired) electrons.